The summed E-state index contributed by atoms with van der Waals surface area (Å²) < 4.78 is 5.53. The van der Waals surface area contributed by atoms with Gasteiger partial charge in [-0.2, -0.15) is 0 Å². The molecule has 2 N–H and O–H groups in total. The third-order valence-corrected chi connectivity index (χ3v) is 3.53. The molecule has 25 heavy (non-hydrogen) atoms. The molecule has 0 aliphatic carbocycles. The minimum absolute atomic E-state index is 0.0678. The minimum atomic E-state index is -0.248. The fraction of sp³-hybridized carbons (Fsp3) is 0.300. The highest BCUT2D eigenvalue weighted by molar-refractivity contribution is 5.96. The highest BCUT2D eigenvalue weighted by Gasteiger charge is 2.07. The highest BCUT2D eigenvalue weighted by atomic mass is 16.5. The Morgan fingerprint density at radius 1 is 1.00 bits per heavy atom. The van der Waals surface area contributed by atoms with Crippen LogP contribution in [0.5, 0.6) is 5.75 Å². The summed E-state index contributed by atoms with van der Waals surface area (Å²) in [6.07, 6.45) is 0.889. The number of nitrogens with one attached hydrogen (secondary N) is 2. The molecule has 0 saturated heterocycles. The van der Waals surface area contributed by atoms with E-state index in [-0.39, 0.29) is 18.4 Å². The van der Waals surface area contributed by atoms with Gasteiger partial charge in [0.1, 0.15) is 5.75 Å². The fourth-order valence-corrected chi connectivity index (χ4v) is 2.41. The van der Waals surface area contributed by atoms with Gasteiger partial charge >= 0.3 is 0 Å². The number of hydrogen-bond donors (Lipinski definition) is 2. The van der Waals surface area contributed by atoms with Crippen LogP contribution >= 0.6 is 0 Å². The molecule has 0 bridgehead atoms. The van der Waals surface area contributed by atoms with Gasteiger partial charge in [0.15, 0.2) is 6.61 Å². The van der Waals surface area contributed by atoms with Crippen LogP contribution in [0, 0.1) is 13.8 Å². The highest BCUT2D eigenvalue weighted by Crippen LogP contribution is 2.16. The van der Waals surface area contributed by atoms with E-state index in [9.17, 15) is 9.59 Å². The molecule has 0 heterocycles. The van der Waals surface area contributed by atoms with Crippen LogP contribution in [-0.2, 0) is 4.79 Å². The largest absolute Gasteiger partial charge is 0.484 e. The van der Waals surface area contributed by atoms with Crippen molar-refractivity contribution in [3.8, 4) is 5.75 Å². The number of hydrogen-bond acceptors (Lipinski definition) is 3. The van der Waals surface area contributed by atoms with E-state index in [4.69, 9.17) is 4.74 Å². The fourth-order valence-electron chi connectivity index (χ4n) is 2.41. The van der Waals surface area contributed by atoms with E-state index in [0.29, 0.717) is 23.5 Å². The number of ether oxygens (including phenoxy) is 1. The summed E-state index contributed by atoms with van der Waals surface area (Å²) in [5.41, 5.74) is 3.37. The van der Waals surface area contributed by atoms with Crippen molar-refractivity contribution < 1.29 is 14.3 Å². The van der Waals surface area contributed by atoms with E-state index in [1.807, 2.05) is 39.0 Å². The van der Waals surface area contributed by atoms with E-state index >= 15 is 0 Å². The van der Waals surface area contributed by atoms with Gasteiger partial charge in [0.05, 0.1) is 0 Å². The number of aryl methyl sites for hydroxylation is 2. The van der Waals surface area contributed by atoms with Gasteiger partial charge in [-0.15, -0.1) is 0 Å². The SMILES string of the molecule is CCCNC(=O)c1ccc(NC(=O)COc2cc(C)cc(C)c2)cc1. The Bertz CT molecular complexity index is 719. The van der Waals surface area contributed by atoms with Crippen molar-refractivity contribution >= 4 is 17.5 Å². The molecule has 0 unspecified atom stereocenters. The molecular formula is C20H24N2O3. The van der Waals surface area contributed by atoms with Gasteiger partial charge in [0.2, 0.25) is 0 Å². The Balaban J connectivity index is 1.86. The standard InChI is InChI=1S/C20H24N2O3/c1-4-9-21-20(24)16-5-7-17(8-6-16)22-19(23)13-25-18-11-14(2)10-15(3)12-18/h5-8,10-12H,4,9,13H2,1-3H3,(H,21,24)(H,22,23). The van der Waals surface area contributed by atoms with Crippen LogP contribution < -0.4 is 15.4 Å². The number of carbonyl (C=O) groups is 2. The maximum absolute atomic E-state index is 12.0. The molecule has 2 aromatic rings. The zero-order valence-corrected chi connectivity index (χ0v) is 14.9. The summed E-state index contributed by atoms with van der Waals surface area (Å²) in [6, 6.07) is 12.6. The van der Waals surface area contributed by atoms with Crippen molar-refractivity contribution in [2.75, 3.05) is 18.5 Å². The van der Waals surface area contributed by atoms with Crippen LogP contribution in [0.2, 0.25) is 0 Å². The molecule has 0 spiro atoms. The van der Waals surface area contributed by atoms with Crippen molar-refractivity contribution in [2.24, 2.45) is 0 Å². The van der Waals surface area contributed by atoms with Gasteiger partial charge in [0, 0.05) is 17.8 Å². The Kier molecular flexibility index (Phi) is 6.57. The van der Waals surface area contributed by atoms with Gasteiger partial charge in [0.25, 0.3) is 11.8 Å². The lowest BCUT2D eigenvalue weighted by Crippen LogP contribution is -2.24. The molecule has 0 saturated carbocycles. The Labute approximate surface area is 148 Å². The molecule has 0 aliphatic rings. The maximum Gasteiger partial charge on any atom is 0.262 e. The number of amides is 2. The molecule has 0 atom stereocenters. The molecule has 5 nitrogen and oxygen atoms in total. The summed E-state index contributed by atoms with van der Waals surface area (Å²) >= 11 is 0. The summed E-state index contributed by atoms with van der Waals surface area (Å²) in [5.74, 6) is 0.316. The molecule has 0 aliphatic heterocycles. The van der Waals surface area contributed by atoms with Crippen molar-refractivity contribution in [2.45, 2.75) is 27.2 Å². The molecule has 2 rings (SSSR count). The molecule has 0 radical (unpaired) electrons. The van der Waals surface area contributed by atoms with E-state index < -0.39 is 0 Å². The van der Waals surface area contributed by atoms with E-state index in [2.05, 4.69) is 10.6 Å². The first-order valence-electron chi connectivity index (χ1n) is 8.37. The first-order valence-corrected chi connectivity index (χ1v) is 8.37. The second-order valence-corrected chi connectivity index (χ2v) is 5.99. The molecule has 0 fully saturated rings. The summed E-state index contributed by atoms with van der Waals surface area (Å²) in [4.78, 5) is 23.8. The van der Waals surface area contributed by atoms with Gasteiger partial charge in [-0.25, -0.2) is 0 Å². The van der Waals surface area contributed by atoms with Gasteiger partial charge in [-0.05, 0) is 67.8 Å². The Morgan fingerprint density at radius 2 is 1.64 bits per heavy atom. The first kappa shape index (κ1) is 18.5. The Morgan fingerprint density at radius 3 is 2.24 bits per heavy atom. The number of carbonyl (C=O) groups excluding carboxylic acids is 2. The Hall–Kier alpha value is -2.82. The lowest BCUT2D eigenvalue weighted by atomic mass is 10.1. The zero-order chi connectivity index (χ0) is 18.2. The number of anilines is 1. The van der Waals surface area contributed by atoms with E-state index in [1.165, 1.54) is 0 Å². The quantitative estimate of drug-likeness (QED) is 0.811. The third kappa shape index (κ3) is 5.95. The van der Waals surface area contributed by atoms with Crippen LogP contribution in [0.4, 0.5) is 5.69 Å². The summed E-state index contributed by atoms with van der Waals surface area (Å²) in [5, 5.41) is 5.57. The molecule has 0 aromatic heterocycles. The lowest BCUT2D eigenvalue weighted by Gasteiger charge is -2.09. The second-order valence-electron chi connectivity index (χ2n) is 5.99. The predicted molar refractivity (Wildman–Crippen MR) is 99.1 cm³/mol. The zero-order valence-electron chi connectivity index (χ0n) is 14.9. The van der Waals surface area contributed by atoms with Crippen LogP contribution in [0.15, 0.2) is 42.5 Å². The predicted octanol–water partition coefficient (Wildman–Crippen LogP) is 3.46. The van der Waals surface area contributed by atoms with Gasteiger partial charge in [-0.3, -0.25) is 9.59 Å². The average molecular weight is 340 g/mol. The van der Waals surface area contributed by atoms with Gasteiger partial charge in [-0.1, -0.05) is 13.0 Å². The van der Waals surface area contributed by atoms with Crippen LogP contribution in [0.3, 0.4) is 0 Å². The van der Waals surface area contributed by atoms with E-state index in [0.717, 1.165) is 17.5 Å². The van der Waals surface area contributed by atoms with Crippen molar-refractivity contribution in [3.05, 3.63) is 59.2 Å². The average Bonchev–Trinajstić information content (AvgIpc) is 2.58. The van der Waals surface area contributed by atoms with Crippen LogP contribution in [0.25, 0.3) is 0 Å². The van der Waals surface area contributed by atoms with Crippen molar-refractivity contribution in [3.63, 3.8) is 0 Å². The summed E-state index contributed by atoms with van der Waals surface area (Å²) in [6.45, 7) is 6.55. The van der Waals surface area contributed by atoms with Crippen molar-refractivity contribution in [1.29, 1.82) is 0 Å². The van der Waals surface area contributed by atoms with Crippen LogP contribution in [-0.4, -0.2) is 25.0 Å². The number of rotatable bonds is 7. The topological polar surface area (TPSA) is 67.4 Å². The monoisotopic (exact) mass is 340 g/mol. The summed E-state index contributed by atoms with van der Waals surface area (Å²) in [7, 11) is 0. The van der Waals surface area contributed by atoms with Crippen molar-refractivity contribution in [1.82, 2.24) is 5.32 Å². The number of benzene rings is 2. The molecule has 2 aromatic carbocycles. The lowest BCUT2D eigenvalue weighted by molar-refractivity contribution is -0.118. The first-order chi connectivity index (χ1) is 12.0. The molecular weight excluding hydrogens is 316 g/mol. The van der Waals surface area contributed by atoms with Gasteiger partial charge < -0.3 is 15.4 Å². The minimum Gasteiger partial charge on any atom is -0.484 e. The third-order valence-electron chi connectivity index (χ3n) is 3.53. The molecule has 132 valence electrons. The normalized spacial score (nSPS) is 10.2. The van der Waals surface area contributed by atoms with E-state index in [1.54, 1.807) is 24.3 Å². The second kappa shape index (κ2) is 8.87. The molecule has 5 heteroatoms. The smallest absolute Gasteiger partial charge is 0.262 e. The molecule has 2 amide bonds. The van der Waals surface area contributed by atoms with Crippen LogP contribution in [0.1, 0.15) is 34.8 Å². The maximum atomic E-state index is 12.0.